The molecule has 0 aromatic heterocycles. The molecule has 2 aromatic rings. The molecule has 1 saturated carbocycles. The van der Waals surface area contributed by atoms with Gasteiger partial charge in [0.05, 0.1) is 12.5 Å². The van der Waals surface area contributed by atoms with Crippen LogP contribution in [0.1, 0.15) is 56.1 Å². The average Bonchev–Trinajstić information content (AvgIpc) is 2.84. The zero-order chi connectivity index (χ0) is 20.9. The molecule has 4 nitrogen and oxygen atoms in total. The third kappa shape index (κ3) is 4.11. The Kier molecular flexibility index (Phi) is 6.43. The van der Waals surface area contributed by atoms with Crippen molar-refractivity contribution >= 4 is 5.91 Å². The van der Waals surface area contributed by atoms with E-state index in [0.717, 1.165) is 63.1 Å². The predicted octanol–water partition coefficient (Wildman–Crippen LogP) is 4.76. The fourth-order valence-electron chi connectivity index (χ4n) is 5.25. The number of ether oxygens (including phenoxy) is 2. The van der Waals surface area contributed by atoms with E-state index in [9.17, 15) is 4.79 Å². The van der Waals surface area contributed by atoms with Crippen LogP contribution in [-0.4, -0.2) is 32.8 Å². The number of amides is 1. The van der Waals surface area contributed by atoms with Gasteiger partial charge in [-0.05, 0) is 48.9 Å². The molecule has 1 aliphatic carbocycles. The molecular formula is C26H33NO3. The summed E-state index contributed by atoms with van der Waals surface area (Å²) in [6.07, 6.45) is 7.09. The highest BCUT2D eigenvalue weighted by Gasteiger charge is 2.43. The quantitative estimate of drug-likeness (QED) is 0.751. The lowest BCUT2D eigenvalue weighted by Gasteiger charge is -2.41. The molecule has 4 rings (SSSR count). The van der Waals surface area contributed by atoms with Crippen LogP contribution in [0.5, 0.6) is 5.75 Å². The van der Waals surface area contributed by atoms with E-state index in [-0.39, 0.29) is 11.3 Å². The SMILES string of the molecule is COc1ccc(C2(C(=O)NCC3(c4ccccc4)CCOCC3)CCCCC2)cc1. The van der Waals surface area contributed by atoms with Crippen molar-refractivity contribution in [1.82, 2.24) is 5.32 Å². The first kappa shape index (κ1) is 20.9. The molecule has 1 heterocycles. The molecule has 2 aliphatic rings. The summed E-state index contributed by atoms with van der Waals surface area (Å²) in [5.74, 6) is 1.00. The maximum Gasteiger partial charge on any atom is 0.230 e. The first-order valence-corrected chi connectivity index (χ1v) is 11.2. The predicted molar refractivity (Wildman–Crippen MR) is 119 cm³/mol. The molecule has 4 heteroatoms. The molecule has 0 radical (unpaired) electrons. The largest absolute Gasteiger partial charge is 0.497 e. The highest BCUT2D eigenvalue weighted by Crippen LogP contribution is 2.41. The molecule has 1 saturated heterocycles. The van der Waals surface area contributed by atoms with Crippen molar-refractivity contribution in [3.05, 3.63) is 65.7 Å². The van der Waals surface area contributed by atoms with Crippen LogP contribution in [-0.2, 0) is 20.4 Å². The molecule has 0 unspecified atom stereocenters. The topological polar surface area (TPSA) is 47.6 Å². The molecule has 1 aliphatic heterocycles. The van der Waals surface area contributed by atoms with E-state index < -0.39 is 5.41 Å². The molecule has 2 fully saturated rings. The second-order valence-electron chi connectivity index (χ2n) is 8.81. The van der Waals surface area contributed by atoms with Gasteiger partial charge in [0.2, 0.25) is 5.91 Å². The van der Waals surface area contributed by atoms with Crippen molar-refractivity contribution in [3.63, 3.8) is 0 Å². The third-order valence-electron chi connectivity index (χ3n) is 7.21. The van der Waals surface area contributed by atoms with Gasteiger partial charge in [0.25, 0.3) is 0 Å². The zero-order valence-corrected chi connectivity index (χ0v) is 18.0. The van der Waals surface area contributed by atoms with Crippen LogP contribution in [0.3, 0.4) is 0 Å². The lowest BCUT2D eigenvalue weighted by Crippen LogP contribution is -2.51. The van der Waals surface area contributed by atoms with Crippen LogP contribution >= 0.6 is 0 Å². The van der Waals surface area contributed by atoms with Gasteiger partial charge in [-0.2, -0.15) is 0 Å². The van der Waals surface area contributed by atoms with Gasteiger partial charge >= 0.3 is 0 Å². The van der Waals surface area contributed by atoms with E-state index in [4.69, 9.17) is 9.47 Å². The molecule has 30 heavy (non-hydrogen) atoms. The third-order valence-corrected chi connectivity index (χ3v) is 7.21. The van der Waals surface area contributed by atoms with E-state index in [1.807, 2.05) is 12.1 Å². The lowest BCUT2D eigenvalue weighted by molar-refractivity contribution is -0.128. The number of rotatable bonds is 6. The van der Waals surface area contributed by atoms with Crippen molar-refractivity contribution in [2.24, 2.45) is 0 Å². The zero-order valence-electron chi connectivity index (χ0n) is 18.0. The van der Waals surface area contributed by atoms with E-state index >= 15 is 0 Å². The molecule has 160 valence electrons. The summed E-state index contributed by atoms with van der Waals surface area (Å²) < 4.78 is 11.0. The maximum atomic E-state index is 13.7. The Morgan fingerprint density at radius 2 is 1.57 bits per heavy atom. The number of benzene rings is 2. The number of nitrogens with one attached hydrogen (secondary N) is 1. The molecule has 1 N–H and O–H groups in total. The maximum absolute atomic E-state index is 13.7. The molecule has 0 atom stereocenters. The number of hydrogen-bond donors (Lipinski definition) is 1. The Hall–Kier alpha value is -2.33. The molecule has 2 aromatic carbocycles. The Morgan fingerprint density at radius 1 is 0.900 bits per heavy atom. The monoisotopic (exact) mass is 407 g/mol. The summed E-state index contributed by atoms with van der Waals surface area (Å²) in [6.45, 7) is 2.15. The highest BCUT2D eigenvalue weighted by atomic mass is 16.5. The van der Waals surface area contributed by atoms with Gasteiger partial charge in [-0.3, -0.25) is 4.79 Å². The summed E-state index contributed by atoms with van der Waals surface area (Å²) in [7, 11) is 1.68. The number of methoxy groups -OCH3 is 1. The van der Waals surface area contributed by atoms with Crippen LogP contribution in [0, 0.1) is 0 Å². The smallest absolute Gasteiger partial charge is 0.230 e. The Labute approximate surface area is 180 Å². The molecule has 1 amide bonds. The van der Waals surface area contributed by atoms with Crippen LogP contribution in [0.2, 0.25) is 0 Å². The second kappa shape index (κ2) is 9.22. The standard InChI is InChI=1S/C26H33NO3/c1-29-23-12-10-22(11-13-23)26(14-6-3-7-15-26)24(28)27-20-25(16-18-30-19-17-25)21-8-4-2-5-9-21/h2,4-5,8-13H,3,6-7,14-20H2,1H3,(H,27,28). The average molecular weight is 408 g/mol. The Balaban J connectivity index is 1.57. The lowest BCUT2D eigenvalue weighted by atomic mass is 9.68. The van der Waals surface area contributed by atoms with Crippen LogP contribution < -0.4 is 10.1 Å². The normalized spacial score (nSPS) is 20.3. The van der Waals surface area contributed by atoms with E-state index in [1.54, 1.807) is 7.11 Å². The summed E-state index contributed by atoms with van der Waals surface area (Å²) in [5.41, 5.74) is 1.93. The van der Waals surface area contributed by atoms with E-state index in [2.05, 4.69) is 47.8 Å². The van der Waals surface area contributed by atoms with Crippen molar-refractivity contribution in [1.29, 1.82) is 0 Å². The van der Waals surface area contributed by atoms with E-state index in [0.29, 0.717) is 6.54 Å². The van der Waals surface area contributed by atoms with Crippen molar-refractivity contribution < 1.29 is 14.3 Å². The molecule has 0 spiro atoms. The van der Waals surface area contributed by atoms with Gasteiger partial charge in [-0.25, -0.2) is 0 Å². The Bertz CT molecular complexity index is 819. The van der Waals surface area contributed by atoms with Gasteiger partial charge in [-0.15, -0.1) is 0 Å². The van der Waals surface area contributed by atoms with E-state index in [1.165, 1.54) is 12.0 Å². The fraction of sp³-hybridized carbons (Fsp3) is 0.500. The van der Waals surface area contributed by atoms with Gasteiger partial charge in [-0.1, -0.05) is 61.7 Å². The number of carbonyl (C=O) groups is 1. The second-order valence-corrected chi connectivity index (χ2v) is 8.81. The minimum atomic E-state index is -0.437. The van der Waals surface area contributed by atoms with Gasteiger partial charge < -0.3 is 14.8 Å². The van der Waals surface area contributed by atoms with Gasteiger partial charge in [0.15, 0.2) is 0 Å². The number of carbonyl (C=O) groups excluding carboxylic acids is 1. The summed E-state index contributed by atoms with van der Waals surface area (Å²) >= 11 is 0. The van der Waals surface area contributed by atoms with Gasteiger partial charge in [0.1, 0.15) is 5.75 Å². The summed E-state index contributed by atoms with van der Waals surface area (Å²) in [5, 5.41) is 3.40. The molecular weight excluding hydrogens is 374 g/mol. The highest BCUT2D eigenvalue weighted by molar-refractivity contribution is 5.88. The van der Waals surface area contributed by atoms with Crippen LogP contribution in [0.15, 0.2) is 54.6 Å². The van der Waals surface area contributed by atoms with Gasteiger partial charge in [0, 0.05) is 25.2 Å². The summed E-state index contributed by atoms with van der Waals surface area (Å²) in [4.78, 5) is 13.7. The first-order chi connectivity index (χ1) is 14.7. The Morgan fingerprint density at radius 3 is 2.20 bits per heavy atom. The molecule has 0 bridgehead atoms. The van der Waals surface area contributed by atoms with Crippen LogP contribution in [0.4, 0.5) is 0 Å². The summed E-state index contributed by atoms with van der Waals surface area (Å²) in [6, 6.07) is 18.7. The van der Waals surface area contributed by atoms with Crippen LogP contribution in [0.25, 0.3) is 0 Å². The first-order valence-electron chi connectivity index (χ1n) is 11.2. The minimum absolute atomic E-state index is 0.0507. The van der Waals surface area contributed by atoms with Crippen molar-refractivity contribution in [3.8, 4) is 5.75 Å². The number of hydrogen-bond acceptors (Lipinski definition) is 3. The fourth-order valence-corrected chi connectivity index (χ4v) is 5.25. The van der Waals surface area contributed by atoms with Crippen molar-refractivity contribution in [2.45, 2.75) is 55.8 Å². The van der Waals surface area contributed by atoms with Crippen molar-refractivity contribution in [2.75, 3.05) is 26.9 Å². The minimum Gasteiger partial charge on any atom is -0.497 e.